The van der Waals surface area contributed by atoms with Crippen molar-refractivity contribution < 1.29 is 9.90 Å². The molecular formula is C17H20N2O2S. The zero-order chi connectivity index (χ0) is 15.1. The van der Waals surface area contributed by atoms with Crippen molar-refractivity contribution in [1.29, 1.82) is 0 Å². The van der Waals surface area contributed by atoms with Gasteiger partial charge in [-0.15, -0.1) is 11.3 Å². The molecule has 2 aromatic rings. The fourth-order valence-electron chi connectivity index (χ4n) is 3.88. The summed E-state index contributed by atoms with van der Waals surface area (Å²) in [6, 6.07) is 6.68. The second-order valence-electron chi connectivity index (χ2n) is 6.38. The molecule has 4 nitrogen and oxygen atoms in total. The van der Waals surface area contributed by atoms with Gasteiger partial charge >= 0.3 is 0 Å². The zero-order valence-corrected chi connectivity index (χ0v) is 13.2. The van der Waals surface area contributed by atoms with Crippen molar-refractivity contribution >= 4 is 27.3 Å². The lowest BCUT2D eigenvalue weighted by atomic mass is 9.87. The monoisotopic (exact) mass is 316 g/mol. The highest BCUT2D eigenvalue weighted by molar-refractivity contribution is 7.17. The van der Waals surface area contributed by atoms with Crippen LogP contribution < -0.4 is 5.32 Å². The van der Waals surface area contributed by atoms with Crippen LogP contribution in [0.15, 0.2) is 23.6 Å². The number of nitrogens with zero attached hydrogens (tertiary/aromatic N) is 1. The van der Waals surface area contributed by atoms with Crippen LogP contribution in [0.3, 0.4) is 0 Å². The number of hydrogen-bond donors (Lipinski definition) is 2. The van der Waals surface area contributed by atoms with Gasteiger partial charge in [0.1, 0.15) is 5.75 Å². The van der Waals surface area contributed by atoms with E-state index in [1.807, 2.05) is 17.5 Å². The van der Waals surface area contributed by atoms with Gasteiger partial charge in [0, 0.05) is 28.7 Å². The second kappa shape index (κ2) is 5.56. The van der Waals surface area contributed by atoms with E-state index in [1.165, 1.54) is 12.8 Å². The van der Waals surface area contributed by atoms with Crippen molar-refractivity contribution in [2.75, 3.05) is 6.54 Å². The summed E-state index contributed by atoms with van der Waals surface area (Å²) in [6.45, 7) is 1.19. The third-order valence-electron chi connectivity index (χ3n) is 4.89. The summed E-state index contributed by atoms with van der Waals surface area (Å²) in [4.78, 5) is 14.2. The lowest BCUT2D eigenvalue weighted by Crippen LogP contribution is -2.61. The van der Waals surface area contributed by atoms with Gasteiger partial charge in [-0.25, -0.2) is 0 Å². The second-order valence-corrected chi connectivity index (χ2v) is 7.33. The molecular weight excluding hydrogens is 296 g/mol. The molecule has 2 aliphatic rings. The number of benzene rings is 1. The summed E-state index contributed by atoms with van der Waals surface area (Å²) in [7, 11) is 0. The molecule has 2 N–H and O–H groups in total. The number of hydrogen-bond acceptors (Lipinski definition) is 4. The third-order valence-corrected chi connectivity index (χ3v) is 5.75. The van der Waals surface area contributed by atoms with Crippen molar-refractivity contribution in [3.05, 3.63) is 29.1 Å². The van der Waals surface area contributed by atoms with E-state index in [1.54, 1.807) is 11.3 Å². The molecule has 1 saturated heterocycles. The summed E-state index contributed by atoms with van der Waals surface area (Å²) >= 11 is 1.64. The van der Waals surface area contributed by atoms with Gasteiger partial charge in [-0.3, -0.25) is 9.69 Å². The fourth-order valence-corrected chi connectivity index (χ4v) is 4.75. The zero-order valence-electron chi connectivity index (χ0n) is 12.4. The Morgan fingerprint density at radius 2 is 2.18 bits per heavy atom. The highest BCUT2D eigenvalue weighted by Gasteiger charge is 2.36. The Labute approximate surface area is 133 Å². The largest absolute Gasteiger partial charge is 0.507 e. The van der Waals surface area contributed by atoms with Crippen LogP contribution in [0.25, 0.3) is 10.1 Å². The summed E-state index contributed by atoms with van der Waals surface area (Å²) < 4.78 is 1.11. The molecule has 116 valence electrons. The van der Waals surface area contributed by atoms with Gasteiger partial charge in [-0.2, -0.15) is 0 Å². The lowest BCUT2D eigenvalue weighted by molar-refractivity contribution is -0.128. The third kappa shape index (κ3) is 2.48. The Kier molecular flexibility index (Phi) is 3.54. The summed E-state index contributed by atoms with van der Waals surface area (Å²) in [6.07, 6.45) is 4.68. The molecule has 2 heterocycles. The molecule has 2 atom stereocenters. The number of carbonyl (C=O) groups is 1. The standard InChI is InChI=1S/C17H20N2O2S/c20-15-7-11(8-16-12(15)5-6-22-16)9-19-10-17(21)18-13-3-1-2-4-14(13)19/h5-8,13-14,20H,1-4,9-10H2,(H,18,21). The van der Waals surface area contributed by atoms with Gasteiger partial charge in [0.15, 0.2) is 0 Å². The molecule has 2 unspecified atom stereocenters. The summed E-state index contributed by atoms with van der Waals surface area (Å²) in [5, 5.41) is 16.2. The van der Waals surface area contributed by atoms with Gasteiger partial charge in [0.25, 0.3) is 0 Å². The number of phenolic OH excluding ortho intramolecular Hbond substituents is 1. The van der Waals surface area contributed by atoms with Gasteiger partial charge in [-0.05, 0) is 42.0 Å². The van der Waals surface area contributed by atoms with E-state index in [9.17, 15) is 9.90 Å². The number of piperazine rings is 1. The number of amides is 1. The first-order chi connectivity index (χ1) is 10.7. The Hall–Kier alpha value is -1.59. The van der Waals surface area contributed by atoms with Crippen LogP contribution in [0, 0.1) is 0 Å². The molecule has 0 spiro atoms. The SMILES string of the molecule is O=C1CN(Cc2cc(O)c3ccsc3c2)C2CCCCC2N1. The highest BCUT2D eigenvalue weighted by Crippen LogP contribution is 2.32. The van der Waals surface area contributed by atoms with Crippen LogP contribution in [0.2, 0.25) is 0 Å². The van der Waals surface area contributed by atoms with Crippen molar-refractivity contribution in [3.8, 4) is 5.75 Å². The normalized spacial score (nSPS) is 25.9. The van der Waals surface area contributed by atoms with E-state index in [0.717, 1.165) is 35.0 Å². The van der Waals surface area contributed by atoms with Crippen LogP contribution in [0.5, 0.6) is 5.75 Å². The average Bonchev–Trinajstić information content (AvgIpc) is 2.96. The van der Waals surface area contributed by atoms with Crippen LogP contribution in [0.1, 0.15) is 31.2 Å². The molecule has 1 aliphatic heterocycles. The van der Waals surface area contributed by atoms with Crippen LogP contribution in [-0.4, -0.2) is 34.5 Å². The number of phenols is 1. The Bertz CT molecular complexity index is 712. The van der Waals surface area contributed by atoms with Crippen LogP contribution >= 0.6 is 11.3 Å². The maximum Gasteiger partial charge on any atom is 0.234 e. The van der Waals surface area contributed by atoms with Gasteiger partial charge < -0.3 is 10.4 Å². The summed E-state index contributed by atoms with van der Waals surface area (Å²) in [5.74, 6) is 0.472. The molecule has 22 heavy (non-hydrogen) atoms. The van der Waals surface area contributed by atoms with Crippen LogP contribution in [0.4, 0.5) is 0 Å². The number of carbonyl (C=O) groups excluding carboxylic acids is 1. The molecule has 0 radical (unpaired) electrons. The van der Waals surface area contributed by atoms with E-state index < -0.39 is 0 Å². The van der Waals surface area contributed by atoms with Gasteiger partial charge in [-0.1, -0.05) is 12.8 Å². The molecule has 1 amide bonds. The van der Waals surface area contributed by atoms with Crippen molar-refractivity contribution in [2.45, 2.75) is 44.3 Å². The smallest absolute Gasteiger partial charge is 0.234 e. The minimum atomic E-state index is 0.129. The van der Waals surface area contributed by atoms with Crippen molar-refractivity contribution in [2.24, 2.45) is 0 Å². The van der Waals surface area contributed by atoms with E-state index in [2.05, 4.69) is 16.3 Å². The first-order valence-electron chi connectivity index (χ1n) is 7.93. The Balaban J connectivity index is 1.61. The lowest BCUT2D eigenvalue weighted by Gasteiger charge is -2.44. The highest BCUT2D eigenvalue weighted by atomic mass is 32.1. The van der Waals surface area contributed by atoms with Crippen LogP contribution in [-0.2, 0) is 11.3 Å². The number of thiophene rings is 1. The van der Waals surface area contributed by atoms with E-state index in [4.69, 9.17) is 0 Å². The molecule has 4 rings (SSSR count). The van der Waals surface area contributed by atoms with Gasteiger partial charge in [0.2, 0.25) is 5.91 Å². The van der Waals surface area contributed by atoms with E-state index in [-0.39, 0.29) is 5.91 Å². The topological polar surface area (TPSA) is 52.6 Å². The number of fused-ring (bicyclic) bond motifs is 2. The average molecular weight is 316 g/mol. The summed E-state index contributed by atoms with van der Waals surface area (Å²) in [5.41, 5.74) is 1.09. The molecule has 1 saturated carbocycles. The molecule has 5 heteroatoms. The number of rotatable bonds is 2. The predicted octanol–water partition coefficient (Wildman–Crippen LogP) is 2.85. The maximum absolute atomic E-state index is 12.0. The van der Waals surface area contributed by atoms with Crippen molar-refractivity contribution in [1.82, 2.24) is 10.2 Å². The molecule has 2 fully saturated rings. The van der Waals surface area contributed by atoms with E-state index >= 15 is 0 Å². The Morgan fingerprint density at radius 1 is 1.32 bits per heavy atom. The number of aromatic hydroxyl groups is 1. The maximum atomic E-state index is 12.0. The van der Waals surface area contributed by atoms with Gasteiger partial charge in [0.05, 0.1) is 6.54 Å². The molecule has 1 aliphatic carbocycles. The quantitative estimate of drug-likeness (QED) is 0.896. The Morgan fingerprint density at radius 3 is 3.09 bits per heavy atom. The first-order valence-corrected chi connectivity index (χ1v) is 8.81. The predicted molar refractivity (Wildman–Crippen MR) is 88.1 cm³/mol. The first kappa shape index (κ1) is 14.0. The molecule has 1 aromatic heterocycles. The molecule has 1 aromatic carbocycles. The van der Waals surface area contributed by atoms with Crippen molar-refractivity contribution in [3.63, 3.8) is 0 Å². The minimum absolute atomic E-state index is 0.129. The molecule has 0 bridgehead atoms. The minimum Gasteiger partial charge on any atom is -0.507 e. The van der Waals surface area contributed by atoms with E-state index in [0.29, 0.717) is 24.4 Å². The number of nitrogens with one attached hydrogen (secondary N) is 1. The fraction of sp³-hybridized carbons (Fsp3) is 0.471.